The van der Waals surface area contributed by atoms with E-state index in [9.17, 15) is 0 Å². The Morgan fingerprint density at radius 1 is 0.947 bits per heavy atom. The van der Waals surface area contributed by atoms with Gasteiger partial charge < -0.3 is 9.47 Å². The summed E-state index contributed by atoms with van der Waals surface area (Å²) in [7, 11) is 0. The van der Waals surface area contributed by atoms with Gasteiger partial charge >= 0.3 is 0 Å². The van der Waals surface area contributed by atoms with E-state index in [1.165, 1.54) is 56.1 Å². The lowest BCUT2D eigenvalue weighted by atomic mass is 9.84. The third-order valence-electron chi connectivity index (χ3n) is 4.48. The summed E-state index contributed by atoms with van der Waals surface area (Å²) in [6.07, 6.45) is 9.53. The van der Waals surface area contributed by atoms with Crippen molar-refractivity contribution in [1.29, 1.82) is 0 Å². The van der Waals surface area contributed by atoms with Crippen molar-refractivity contribution in [3.63, 3.8) is 0 Å². The van der Waals surface area contributed by atoms with Crippen LogP contribution in [-0.4, -0.2) is 13.2 Å². The predicted molar refractivity (Wildman–Crippen MR) is 76.0 cm³/mol. The Labute approximate surface area is 116 Å². The summed E-state index contributed by atoms with van der Waals surface area (Å²) in [6.45, 7) is 1.45. The van der Waals surface area contributed by atoms with Crippen molar-refractivity contribution in [2.75, 3.05) is 13.2 Å². The number of ether oxygens (including phenoxy) is 2. The zero-order valence-corrected chi connectivity index (χ0v) is 11.6. The molecule has 2 aliphatic rings. The summed E-state index contributed by atoms with van der Waals surface area (Å²) in [6, 6.07) is 8.62. The fourth-order valence-corrected chi connectivity index (χ4v) is 3.37. The van der Waals surface area contributed by atoms with Gasteiger partial charge in [0.1, 0.15) is 0 Å². The number of aryl methyl sites for hydroxylation is 1. The minimum atomic E-state index is -0.123. The zero-order valence-electron chi connectivity index (χ0n) is 11.6. The molecule has 2 fully saturated rings. The molecule has 19 heavy (non-hydrogen) atoms. The standard InChI is InChI=1S/C17H24O2/c1-2-6-14(7-3-1)10-11-15-8-4-5-9-16(15)17-18-12-13-19-17/h4-5,8-9,14,17H,1-3,6-7,10-13H2. The van der Waals surface area contributed by atoms with Gasteiger partial charge in [-0.15, -0.1) is 0 Å². The lowest BCUT2D eigenvalue weighted by Crippen LogP contribution is -2.09. The normalized spacial score (nSPS) is 21.9. The summed E-state index contributed by atoms with van der Waals surface area (Å²) < 4.78 is 11.3. The van der Waals surface area contributed by atoms with Crippen molar-refractivity contribution in [1.82, 2.24) is 0 Å². The van der Waals surface area contributed by atoms with Crippen LogP contribution in [0.3, 0.4) is 0 Å². The van der Waals surface area contributed by atoms with Gasteiger partial charge in [0.25, 0.3) is 0 Å². The Bertz CT molecular complexity index is 390. The average molecular weight is 260 g/mol. The van der Waals surface area contributed by atoms with E-state index < -0.39 is 0 Å². The second-order valence-corrected chi connectivity index (χ2v) is 5.82. The molecule has 2 nitrogen and oxygen atoms in total. The zero-order chi connectivity index (χ0) is 12.9. The Kier molecular flexibility index (Phi) is 4.52. The molecule has 0 N–H and O–H groups in total. The van der Waals surface area contributed by atoms with Crippen LogP contribution in [0.5, 0.6) is 0 Å². The predicted octanol–water partition coefficient (Wildman–Crippen LogP) is 4.24. The molecule has 1 saturated carbocycles. The summed E-state index contributed by atoms with van der Waals surface area (Å²) in [4.78, 5) is 0. The SMILES string of the molecule is c1ccc(C2OCCO2)c(CCC2CCCCC2)c1. The van der Waals surface area contributed by atoms with Gasteiger partial charge in [0.15, 0.2) is 6.29 Å². The van der Waals surface area contributed by atoms with Crippen LogP contribution in [-0.2, 0) is 15.9 Å². The maximum atomic E-state index is 5.65. The highest BCUT2D eigenvalue weighted by Crippen LogP contribution is 2.31. The molecule has 1 aromatic rings. The van der Waals surface area contributed by atoms with Gasteiger partial charge in [-0.2, -0.15) is 0 Å². The number of hydrogen-bond donors (Lipinski definition) is 0. The Balaban J connectivity index is 1.62. The van der Waals surface area contributed by atoms with Crippen molar-refractivity contribution in [3.05, 3.63) is 35.4 Å². The molecule has 0 radical (unpaired) electrons. The van der Waals surface area contributed by atoms with Crippen molar-refractivity contribution in [2.24, 2.45) is 5.92 Å². The molecular formula is C17H24O2. The van der Waals surface area contributed by atoms with Crippen molar-refractivity contribution < 1.29 is 9.47 Å². The van der Waals surface area contributed by atoms with Crippen molar-refractivity contribution in [2.45, 2.75) is 51.2 Å². The van der Waals surface area contributed by atoms with Gasteiger partial charge in [-0.1, -0.05) is 56.4 Å². The molecule has 3 rings (SSSR count). The fourth-order valence-electron chi connectivity index (χ4n) is 3.37. The van der Waals surface area contributed by atoms with Gasteiger partial charge in [-0.25, -0.2) is 0 Å². The second kappa shape index (κ2) is 6.53. The van der Waals surface area contributed by atoms with Gasteiger partial charge in [0.05, 0.1) is 13.2 Å². The molecule has 1 aliphatic carbocycles. The summed E-state index contributed by atoms with van der Waals surface area (Å²) in [5, 5.41) is 0. The van der Waals surface area contributed by atoms with E-state index in [0.717, 1.165) is 19.1 Å². The smallest absolute Gasteiger partial charge is 0.184 e. The third-order valence-corrected chi connectivity index (χ3v) is 4.48. The van der Waals surface area contributed by atoms with E-state index in [-0.39, 0.29) is 6.29 Å². The Morgan fingerprint density at radius 2 is 1.68 bits per heavy atom. The summed E-state index contributed by atoms with van der Waals surface area (Å²) in [5.74, 6) is 0.937. The highest BCUT2D eigenvalue weighted by atomic mass is 16.7. The molecule has 1 saturated heterocycles. The second-order valence-electron chi connectivity index (χ2n) is 5.82. The van der Waals surface area contributed by atoms with Gasteiger partial charge in [0.2, 0.25) is 0 Å². The van der Waals surface area contributed by atoms with Crippen LogP contribution in [0.15, 0.2) is 24.3 Å². The minimum Gasteiger partial charge on any atom is -0.346 e. The fraction of sp³-hybridized carbons (Fsp3) is 0.647. The highest BCUT2D eigenvalue weighted by molar-refractivity contribution is 5.28. The molecule has 0 aromatic heterocycles. The summed E-state index contributed by atoms with van der Waals surface area (Å²) in [5.41, 5.74) is 2.66. The molecule has 1 aliphatic heterocycles. The van der Waals surface area contributed by atoms with E-state index in [4.69, 9.17) is 9.47 Å². The first-order chi connectivity index (χ1) is 9.43. The van der Waals surface area contributed by atoms with Gasteiger partial charge in [0, 0.05) is 5.56 Å². The molecule has 104 valence electrons. The van der Waals surface area contributed by atoms with Crippen LogP contribution < -0.4 is 0 Å². The van der Waals surface area contributed by atoms with E-state index in [0.29, 0.717) is 0 Å². The average Bonchev–Trinajstić information content (AvgIpc) is 3.01. The maximum Gasteiger partial charge on any atom is 0.184 e. The van der Waals surface area contributed by atoms with Crippen molar-refractivity contribution >= 4 is 0 Å². The van der Waals surface area contributed by atoms with Crippen molar-refractivity contribution in [3.8, 4) is 0 Å². The highest BCUT2D eigenvalue weighted by Gasteiger charge is 2.21. The topological polar surface area (TPSA) is 18.5 Å². The monoisotopic (exact) mass is 260 g/mol. The molecule has 2 heteroatoms. The van der Waals surface area contributed by atoms with Crippen LogP contribution in [0, 0.1) is 5.92 Å². The number of hydrogen-bond acceptors (Lipinski definition) is 2. The quantitative estimate of drug-likeness (QED) is 0.806. The first-order valence-electron chi connectivity index (χ1n) is 7.74. The van der Waals surface area contributed by atoms with E-state index >= 15 is 0 Å². The lowest BCUT2D eigenvalue weighted by Gasteiger charge is -2.22. The lowest BCUT2D eigenvalue weighted by molar-refractivity contribution is -0.0447. The molecule has 1 heterocycles. The molecular weight excluding hydrogens is 236 g/mol. The minimum absolute atomic E-state index is 0.123. The van der Waals surface area contributed by atoms with E-state index in [2.05, 4.69) is 24.3 Å². The largest absolute Gasteiger partial charge is 0.346 e. The Morgan fingerprint density at radius 3 is 2.47 bits per heavy atom. The third kappa shape index (κ3) is 3.37. The van der Waals surface area contributed by atoms with Crippen LogP contribution >= 0.6 is 0 Å². The molecule has 0 amide bonds. The summed E-state index contributed by atoms with van der Waals surface area (Å²) >= 11 is 0. The van der Waals surface area contributed by atoms with Gasteiger partial charge in [-0.05, 0) is 24.3 Å². The van der Waals surface area contributed by atoms with E-state index in [1.54, 1.807) is 0 Å². The first-order valence-corrected chi connectivity index (χ1v) is 7.74. The molecule has 0 spiro atoms. The Hall–Kier alpha value is -0.860. The van der Waals surface area contributed by atoms with Gasteiger partial charge in [-0.3, -0.25) is 0 Å². The van der Waals surface area contributed by atoms with Crippen LogP contribution in [0.25, 0.3) is 0 Å². The van der Waals surface area contributed by atoms with Crippen LogP contribution in [0.4, 0.5) is 0 Å². The van der Waals surface area contributed by atoms with E-state index in [1.807, 2.05) is 0 Å². The molecule has 0 unspecified atom stereocenters. The van der Waals surface area contributed by atoms with Crippen LogP contribution in [0.1, 0.15) is 55.9 Å². The number of benzene rings is 1. The maximum absolute atomic E-state index is 5.65. The molecule has 0 atom stereocenters. The molecule has 0 bridgehead atoms. The first kappa shape index (κ1) is 13.1. The molecule has 1 aromatic carbocycles. The number of rotatable bonds is 4. The van der Waals surface area contributed by atoms with Crippen LogP contribution in [0.2, 0.25) is 0 Å².